The number of hydrogen-bond donors (Lipinski definition) is 1. The van der Waals surface area contributed by atoms with E-state index in [2.05, 4.69) is 21.7 Å². The minimum absolute atomic E-state index is 0.335. The first-order valence-electron chi connectivity index (χ1n) is 5.76. The molecule has 1 aliphatic rings. The number of hydrogen-bond acceptors (Lipinski definition) is 5. The molecule has 0 fully saturated rings. The van der Waals surface area contributed by atoms with Gasteiger partial charge in [-0.25, -0.2) is 4.98 Å². The number of methoxy groups -OCH3 is 2. The van der Waals surface area contributed by atoms with Gasteiger partial charge in [-0.15, -0.1) is 0 Å². The number of nitrogens with one attached hydrogen (secondary N) is 1. The first-order valence-corrected chi connectivity index (χ1v) is 6.14. The molecule has 0 bridgehead atoms. The molecule has 0 spiro atoms. The van der Waals surface area contributed by atoms with Gasteiger partial charge in [0.15, 0.2) is 0 Å². The molecule has 6 heteroatoms. The second-order valence-corrected chi connectivity index (χ2v) is 4.42. The van der Waals surface area contributed by atoms with Gasteiger partial charge in [0.1, 0.15) is 10.8 Å². The highest BCUT2D eigenvalue weighted by Gasteiger charge is 2.14. The van der Waals surface area contributed by atoms with Crippen molar-refractivity contribution in [3.05, 3.63) is 40.7 Å². The molecular weight excluding hydrogens is 266 g/mol. The van der Waals surface area contributed by atoms with Crippen LogP contribution in [0.15, 0.2) is 29.3 Å². The molecule has 0 saturated carbocycles. The van der Waals surface area contributed by atoms with E-state index in [-0.39, 0.29) is 0 Å². The van der Waals surface area contributed by atoms with Crippen molar-refractivity contribution in [2.24, 2.45) is 0 Å². The largest absolute Gasteiger partial charge is 0.499 e. The van der Waals surface area contributed by atoms with Crippen LogP contribution in [-0.2, 0) is 4.74 Å². The Labute approximate surface area is 117 Å². The lowest BCUT2D eigenvalue weighted by Gasteiger charge is -2.18. The van der Waals surface area contributed by atoms with E-state index in [0.717, 1.165) is 23.5 Å². The quantitative estimate of drug-likeness (QED) is 0.919. The van der Waals surface area contributed by atoms with Crippen LogP contribution in [0.25, 0.3) is 0 Å². The van der Waals surface area contributed by atoms with Crippen molar-refractivity contribution >= 4 is 17.5 Å². The monoisotopic (exact) mass is 280 g/mol. The van der Waals surface area contributed by atoms with Gasteiger partial charge in [0.2, 0.25) is 11.8 Å². The summed E-state index contributed by atoms with van der Waals surface area (Å²) in [5, 5.41) is 3.48. The summed E-state index contributed by atoms with van der Waals surface area (Å²) in [5.41, 5.74) is 2.00. The number of anilines is 1. The van der Waals surface area contributed by atoms with Crippen LogP contribution in [0.1, 0.15) is 13.3 Å². The van der Waals surface area contributed by atoms with E-state index in [4.69, 9.17) is 21.1 Å². The maximum atomic E-state index is 5.89. The zero-order valence-corrected chi connectivity index (χ0v) is 11.8. The van der Waals surface area contributed by atoms with Gasteiger partial charge >= 0.3 is 0 Å². The number of halogens is 1. The summed E-state index contributed by atoms with van der Waals surface area (Å²) in [6.45, 7) is 2.03. The molecule has 0 amide bonds. The molecule has 0 aromatic carbocycles. The summed E-state index contributed by atoms with van der Waals surface area (Å²) in [6, 6.07) is 0. The molecule has 101 valence electrons. The van der Waals surface area contributed by atoms with Crippen molar-refractivity contribution in [1.29, 1.82) is 0 Å². The molecule has 2 rings (SSSR count). The van der Waals surface area contributed by atoms with Gasteiger partial charge in [0.05, 0.1) is 26.1 Å². The molecule has 1 aliphatic carbocycles. The Balaban J connectivity index is 2.27. The van der Waals surface area contributed by atoms with Crippen LogP contribution < -0.4 is 10.1 Å². The third-order valence-electron chi connectivity index (χ3n) is 2.68. The lowest BCUT2D eigenvalue weighted by molar-refractivity contribution is 0.278. The molecule has 5 nitrogen and oxygen atoms in total. The summed E-state index contributed by atoms with van der Waals surface area (Å²) in [5.74, 6) is 1.58. The van der Waals surface area contributed by atoms with Crippen molar-refractivity contribution in [3.63, 3.8) is 0 Å². The topological polar surface area (TPSA) is 56.3 Å². The molecule has 0 unspecified atom stereocenters. The van der Waals surface area contributed by atoms with Crippen LogP contribution in [0.5, 0.6) is 5.88 Å². The molecule has 0 saturated heterocycles. The number of aromatic nitrogens is 2. The average Bonchev–Trinajstić information content (AvgIpc) is 2.41. The van der Waals surface area contributed by atoms with Crippen molar-refractivity contribution in [2.75, 3.05) is 19.5 Å². The predicted molar refractivity (Wildman–Crippen MR) is 73.9 cm³/mol. The van der Waals surface area contributed by atoms with Crippen LogP contribution in [0.4, 0.5) is 5.95 Å². The molecule has 0 atom stereocenters. The summed E-state index contributed by atoms with van der Waals surface area (Å²) >= 11 is 5.89. The average molecular weight is 281 g/mol. The number of rotatable bonds is 4. The van der Waals surface area contributed by atoms with Crippen molar-refractivity contribution < 1.29 is 9.47 Å². The van der Waals surface area contributed by atoms with Crippen LogP contribution in [0, 0.1) is 6.42 Å². The molecule has 1 aromatic rings. The van der Waals surface area contributed by atoms with Gasteiger partial charge in [-0.1, -0.05) is 17.2 Å². The minimum atomic E-state index is 0.335. The molecule has 1 radical (unpaired) electrons. The van der Waals surface area contributed by atoms with Crippen LogP contribution in [0.2, 0.25) is 5.02 Å². The fourth-order valence-corrected chi connectivity index (χ4v) is 1.87. The summed E-state index contributed by atoms with van der Waals surface area (Å²) in [4.78, 5) is 8.28. The molecular formula is C13H15ClN3O2. The lowest BCUT2D eigenvalue weighted by atomic mass is 10.0. The standard InChI is InChI=1S/C13H15ClN3O2/c1-8-4-5-11(18-2)10(6-8)16-13-15-7-9(14)12(17-13)19-3/h4,6-7H,5H2,1-3H3,(H,15,16,17). The summed E-state index contributed by atoms with van der Waals surface area (Å²) in [7, 11) is 3.15. The Bertz CT molecular complexity index is 541. The predicted octanol–water partition coefficient (Wildman–Crippen LogP) is 2.96. The summed E-state index contributed by atoms with van der Waals surface area (Å²) in [6.07, 6.45) is 6.31. The van der Waals surface area contributed by atoms with Gasteiger partial charge in [0, 0.05) is 6.42 Å². The van der Waals surface area contributed by atoms with E-state index in [9.17, 15) is 0 Å². The maximum absolute atomic E-state index is 5.89. The Morgan fingerprint density at radius 2 is 2.11 bits per heavy atom. The van der Waals surface area contributed by atoms with Gasteiger partial charge < -0.3 is 14.8 Å². The molecule has 1 heterocycles. The highest BCUT2D eigenvalue weighted by atomic mass is 35.5. The lowest BCUT2D eigenvalue weighted by Crippen LogP contribution is -2.10. The zero-order chi connectivity index (χ0) is 13.8. The van der Waals surface area contributed by atoms with Crippen molar-refractivity contribution in [3.8, 4) is 5.88 Å². The van der Waals surface area contributed by atoms with E-state index in [1.54, 1.807) is 7.11 Å². The first kappa shape index (κ1) is 13.7. The fraction of sp³-hybridized carbons (Fsp3) is 0.308. The Morgan fingerprint density at radius 1 is 1.32 bits per heavy atom. The highest BCUT2D eigenvalue weighted by Crippen LogP contribution is 2.26. The van der Waals surface area contributed by atoms with Gasteiger partial charge in [-0.2, -0.15) is 4.98 Å². The first-order chi connectivity index (χ1) is 9.13. The highest BCUT2D eigenvalue weighted by molar-refractivity contribution is 6.31. The van der Waals surface area contributed by atoms with E-state index >= 15 is 0 Å². The number of ether oxygens (including phenoxy) is 2. The minimum Gasteiger partial charge on any atom is -0.499 e. The number of nitrogens with zero attached hydrogens (tertiary/aromatic N) is 2. The van der Waals surface area contributed by atoms with E-state index in [1.165, 1.54) is 13.3 Å². The Morgan fingerprint density at radius 3 is 2.79 bits per heavy atom. The SMILES string of the molecule is COC1=C(Nc2ncc(Cl)c(OC)n2)C=C(C)[CH]C1. The van der Waals surface area contributed by atoms with Gasteiger partial charge in [-0.05, 0) is 19.4 Å². The van der Waals surface area contributed by atoms with E-state index < -0.39 is 0 Å². The van der Waals surface area contributed by atoms with Crippen LogP contribution >= 0.6 is 11.6 Å². The normalized spacial score (nSPS) is 15.1. The van der Waals surface area contributed by atoms with E-state index in [0.29, 0.717) is 16.9 Å². The molecule has 0 aliphatic heterocycles. The third-order valence-corrected chi connectivity index (χ3v) is 2.94. The second kappa shape index (κ2) is 5.93. The smallest absolute Gasteiger partial charge is 0.237 e. The molecule has 1 aromatic heterocycles. The fourth-order valence-electron chi connectivity index (χ4n) is 1.71. The molecule has 19 heavy (non-hydrogen) atoms. The van der Waals surface area contributed by atoms with Gasteiger partial charge in [-0.3, -0.25) is 0 Å². The zero-order valence-electron chi connectivity index (χ0n) is 11.0. The Kier molecular flexibility index (Phi) is 4.27. The van der Waals surface area contributed by atoms with Crippen molar-refractivity contribution in [1.82, 2.24) is 9.97 Å². The van der Waals surface area contributed by atoms with E-state index in [1.807, 2.05) is 13.0 Å². The van der Waals surface area contributed by atoms with Crippen LogP contribution in [0.3, 0.4) is 0 Å². The van der Waals surface area contributed by atoms with Crippen LogP contribution in [-0.4, -0.2) is 24.2 Å². The second-order valence-electron chi connectivity index (χ2n) is 4.01. The molecule has 1 N–H and O–H groups in total. The van der Waals surface area contributed by atoms with Crippen molar-refractivity contribution in [2.45, 2.75) is 13.3 Å². The third kappa shape index (κ3) is 3.17. The number of allylic oxidation sites excluding steroid dienone is 3. The van der Waals surface area contributed by atoms with Gasteiger partial charge in [0.25, 0.3) is 0 Å². The Hall–Kier alpha value is -1.75. The summed E-state index contributed by atoms with van der Waals surface area (Å²) < 4.78 is 10.4. The maximum Gasteiger partial charge on any atom is 0.237 e.